The molecule has 0 bridgehead atoms. The molecule has 0 saturated heterocycles. The molecule has 0 aliphatic heterocycles. The molecular formula is C17H25NO5S. The van der Waals surface area contributed by atoms with Gasteiger partial charge in [-0.3, -0.25) is 4.79 Å². The standard InChI is InChI=1S/C17H25NO5S/c1-8(2)14(19)18-15-12(16(20)22-9(3)4)11(7)13(24-15)17(21)23-10(5)6/h8-10H,1-7H3,(H,18,19). The molecule has 134 valence electrons. The smallest absolute Gasteiger partial charge is 0.348 e. The summed E-state index contributed by atoms with van der Waals surface area (Å²) >= 11 is 1.03. The van der Waals surface area contributed by atoms with E-state index in [0.29, 0.717) is 15.4 Å². The van der Waals surface area contributed by atoms with Crippen LogP contribution in [0.3, 0.4) is 0 Å². The molecule has 1 aromatic rings. The van der Waals surface area contributed by atoms with Gasteiger partial charge in [0.05, 0.1) is 17.8 Å². The number of nitrogens with one attached hydrogen (secondary N) is 1. The number of hydrogen-bond acceptors (Lipinski definition) is 6. The van der Waals surface area contributed by atoms with Gasteiger partial charge in [-0.05, 0) is 40.2 Å². The fraction of sp³-hybridized carbons (Fsp3) is 0.588. The Bertz CT molecular complexity index is 631. The second-order valence-electron chi connectivity index (χ2n) is 6.31. The minimum absolute atomic E-state index is 0.207. The van der Waals surface area contributed by atoms with Crippen LogP contribution in [0.4, 0.5) is 5.00 Å². The third-order valence-corrected chi connectivity index (χ3v) is 4.17. The van der Waals surface area contributed by atoms with Crippen molar-refractivity contribution in [1.29, 1.82) is 0 Å². The number of thiophene rings is 1. The summed E-state index contributed by atoms with van der Waals surface area (Å²) in [6.45, 7) is 12.1. The first-order chi connectivity index (χ1) is 11.0. The second kappa shape index (κ2) is 8.28. The Balaban J connectivity index is 3.30. The Morgan fingerprint density at radius 3 is 1.88 bits per heavy atom. The van der Waals surface area contributed by atoms with Crippen molar-refractivity contribution in [3.05, 3.63) is 16.0 Å². The zero-order valence-corrected chi connectivity index (χ0v) is 16.0. The Kier molecular flexibility index (Phi) is 6.95. The van der Waals surface area contributed by atoms with Crippen LogP contribution in [-0.4, -0.2) is 30.1 Å². The number of amides is 1. The van der Waals surface area contributed by atoms with E-state index in [9.17, 15) is 14.4 Å². The molecule has 0 saturated carbocycles. The number of anilines is 1. The average Bonchev–Trinajstić information content (AvgIpc) is 2.73. The minimum Gasteiger partial charge on any atom is -0.459 e. The van der Waals surface area contributed by atoms with Crippen molar-refractivity contribution in [1.82, 2.24) is 0 Å². The van der Waals surface area contributed by atoms with E-state index in [1.54, 1.807) is 48.5 Å². The number of carbonyl (C=O) groups excluding carboxylic acids is 3. The van der Waals surface area contributed by atoms with E-state index >= 15 is 0 Å². The SMILES string of the molecule is Cc1c(C(=O)OC(C)C)sc(NC(=O)C(C)C)c1C(=O)OC(C)C. The van der Waals surface area contributed by atoms with Crippen LogP contribution < -0.4 is 5.32 Å². The molecule has 6 nitrogen and oxygen atoms in total. The van der Waals surface area contributed by atoms with Gasteiger partial charge in [-0.25, -0.2) is 9.59 Å². The molecule has 1 amide bonds. The van der Waals surface area contributed by atoms with Gasteiger partial charge >= 0.3 is 11.9 Å². The number of carbonyl (C=O) groups is 3. The Labute approximate surface area is 146 Å². The molecule has 1 rings (SSSR count). The number of ether oxygens (including phenoxy) is 2. The molecule has 0 atom stereocenters. The molecule has 7 heteroatoms. The maximum absolute atomic E-state index is 12.4. The summed E-state index contributed by atoms with van der Waals surface area (Å²) < 4.78 is 10.4. The molecule has 0 fully saturated rings. The zero-order chi connectivity index (χ0) is 18.6. The van der Waals surface area contributed by atoms with Crippen molar-refractivity contribution in [3.8, 4) is 0 Å². The van der Waals surface area contributed by atoms with Crippen molar-refractivity contribution in [3.63, 3.8) is 0 Å². The summed E-state index contributed by atoms with van der Waals surface area (Å²) in [5.74, 6) is -1.58. The molecule has 0 aliphatic rings. The van der Waals surface area contributed by atoms with Crippen molar-refractivity contribution in [2.24, 2.45) is 5.92 Å². The lowest BCUT2D eigenvalue weighted by molar-refractivity contribution is -0.118. The highest BCUT2D eigenvalue weighted by Gasteiger charge is 2.28. The van der Waals surface area contributed by atoms with Gasteiger partial charge in [-0.1, -0.05) is 13.8 Å². The summed E-state index contributed by atoms with van der Waals surface area (Å²) in [5, 5.41) is 3.02. The van der Waals surface area contributed by atoms with E-state index in [1.165, 1.54) is 0 Å². The minimum atomic E-state index is -0.568. The highest BCUT2D eigenvalue weighted by Crippen LogP contribution is 2.35. The van der Waals surface area contributed by atoms with E-state index in [2.05, 4.69) is 5.32 Å². The fourth-order valence-corrected chi connectivity index (χ4v) is 2.92. The van der Waals surface area contributed by atoms with Gasteiger partial charge in [0, 0.05) is 5.92 Å². The van der Waals surface area contributed by atoms with Crippen molar-refractivity contribution in [2.75, 3.05) is 5.32 Å². The Hall–Kier alpha value is -1.89. The summed E-state index contributed by atoms with van der Waals surface area (Å²) in [4.78, 5) is 36.9. The van der Waals surface area contributed by atoms with E-state index < -0.39 is 11.9 Å². The zero-order valence-electron chi connectivity index (χ0n) is 15.2. The topological polar surface area (TPSA) is 81.7 Å². The lowest BCUT2D eigenvalue weighted by Gasteiger charge is -2.11. The van der Waals surface area contributed by atoms with Gasteiger partial charge in [0.15, 0.2) is 0 Å². The monoisotopic (exact) mass is 355 g/mol. The van der Waals surface area contributed by atoms with Crippen LogP contribution in [0.15, 0.2) is 0 Å². The van der Waals surface area contributed by atoms with Gasteiger partial charge < -0.3 is 14.8 Å². The Morgan fingerprint density at radius 2 is 1.42 bits per heavy atom. The van der Waals surface area contributed by atoms with E-state index in [1.807, 2.05) is 0 Å². The van der Waals surface area contributed by atoms with Gasteiger partial charge in [0.25, 0.3) is 0 Å². The molecule has 0 aliphatic carbocycles. The van der Waals surface area contributed by atoms with Gasteiger partial charge in [-0.2, -0.15) is 0 Å². The van der Waals surface area contributed by atoms with Crippen LogP contribution in [0, 0.1) is 12.8 Å². The largest absolute Gasteiger partial charge is 0.459 e. The van der Waals surface area contributed by atoms with Gasteiger partial charge in [-0.15, -0.1) is 11.3 Å². The molecule has 24 heavy (non-hydrogen) atoms. The second-order valence-corrected chi connectivity index (χ2v) is 7.33. The molecule has 0 spiro atoms. The Morgan fingerprint density at radius 1 is 0.917 bits per heavy atom. The highest BCUT2D eigenvalue weighted by molar-refractivity contribution is 7.18. The first-order valence-corrected chi connectivity index (χ1v) is 8.72. The summed E-state index contributed by atoms with van der Waals surface area (Å²) in [6, 6.07) is 0. The average molecular weight is 355 g/mol. The summed E-state index contributed by atoms with van der Waals surface area (Å²) in [5.41, 5.74) is 0.661. The van der Waals surface area contributed by atoms with Crippen molar-refractivity contribution < 1.29 is 23.9 Å². The molecular weight excluding hydrogens is 330 g/mol. The molecule has 0 aromatic carbocycles. The van der Waals surface area contributed by atoms with Crippen molar-refractivity contribution in [2.45, 2.75) is 60.7 Å². The lowest BCUT2D eigenvalue weighted by Crippen LogP contribution is -2.20. The van der Waals surface area contributed by atoms with Crippen LogP contribution >= 0.6 is 11.3 Å². The van der Waals surface area contributed by atoms with Crippen molar-refractivity contribution >= 4 is 34.2 Å². The van der Waals surface area contributed by atoms with Crippen LogP contribution in [0.2, 0.25) is 0 Å². The first kappa shape index (κ1) is 20.2. The molecule has 1 heterocycles. The number of rotatable bonds is 6. The quantitative estimate of drug-likeness (QED) is 0.785. The predicted molar refractivity (Wildman–Crippen MR) is 93.6 cm³/mol. The predicted octanol–water partition coefficient (Wildman–Crippen LogP) is 3.78. The van der Waals surface area contributed by atoms with Gasteiger partial charge in [0.1, 0.15) is 9.88 Å². The third kappa shape index (κ3) is 5.06. The number of esters is 2. The molecule has 0 radical (unpaired) electrons. The summed E-state index contributed by atoms with van der Waals surface area (Å²) in [7, 11) is 0. The van der Waals surface area contributed by atoms with Gasteiger partial charge in [0.2, 0.25) is 5.91 Å². The number of hydrogen-bond donors (Lipinski definition) is 1. The van der Waals surface area contributed by atoms with Crippen LogP contribution in [0.5, 0.6) is 0 Å². The van der Waals surface area contributed by atoms with E-state index in [-0.39, 0.29) is 29.6 Å². The van der Waals surface area contributed by atoms with Crippen LogP contribution in [0.1, 0.15) is 67.1 Å². The fourth-order valence-electron chi connectivity index (χ4n) is 1.84. The maximum Gasteiger partial charge on any atom is 0.348 e. The highest BCUT2D eigenvalue weighted by atomic mass is 32.1. The molecule has 1 N–H and O–H groups in total. The van der Waals surface area contributed by atoms with E-state index in [4.69, 9.17) is 9.47 Å². The van der Waals surface area contributed by atoms with Crippen LogP contribution in [0.25, 0.3) is 0 Å². The third-order valence-electron chi connectivity index (χ3n) is 2.98. The first-order valence-electron chi connectivity index (χ1n) is 7.90. The lowest BCUT2D eigenvalue weighted by atomic mass is 10.1. The normalized spacial score (nSPS) is 11.1. The molecule has 0 unspecified atom stereocenters. The van der Waals surface area contributed by atoms with Crippen LogP contribution in [-0.2, 0) is 14.3 Å². The summed E-state index contributed by atoms with van der Waals surface area (Å²) in [6.07, 6.45) is -0.588. The maximum atomic E-state index is 12.4. The molecule has 1 aromatic heterocycles. The van der Waals surface area contributed by atoms with E-state index in [0.717, 1.165) is 11.3 Å².